The van der Waals surface area contributed by atoms with E-state index in [4.69, 9.17) is 9.84 Å². The van der Waals surface area contributed by atoms with E-state index in [-0.39, 0.29) is 19.3 Å². The SMILES string of the molecule is CCCCC/C=C\C/C=C\C/C=C\C/C=C\CCC(C)OCC(O)CO. The predicted molar refractivity (Wildman–Crippen MR) is 112 cm³/mol. The zero-order valence-corrected chi connectivity index (χ0v) is 16.9. The molecule has 3 heteroatoms. The Morgan fingerprint density at radius 3 is 1.88 bits per heavy atom. The van der Waals surface area contributed by atoms with Gasteiger partial charge in [0.25, 0.3) is 0 Å². The van der Waals surface area contributed by atoms with Gasteiger partial charge in [-0.3, -0.25) is 0 Å². The Bertz CT molecular complexity index is 396. The Balaban J connectivity index is 3.51. The van der Waals surface area contributed by atoms with Crippen LogP contribution in [0.15, 0.2) is 48.6 Å². The van der Waals surface area contributed by atoms with E-state index in [0.29, 0.717) is 0 Å². The van der Waals surface area contributed by atoms with E-state index in [0.717, 1.165) is 32.1 Å². The van der Waals surface area contributed by atoms with Crippen LogP contribution in [-0.4, -0.2) is 35.6 Å². The molecule has 26 heavy (non-hydrogen) atoms. The van der Waals surface area contributed by atoms with Crippen molar-refractivity contribution in [3.63, 3.8) is 0 Å². The summed E-state index contributed by atoms with van der Waals surface area (Å²) in [5, 5.41) is 17.9. The second kappa shape index (κ2) is 20.2. The molecule has 3 nitrogen and oxygen atoms in total. The highest BCUT2D eigenvalue weighted by atomic mass is 16.5. The molecule has 0 aromatic rings. The highest BCUT2D eigenvalue weighted by molar-refractivity contribution is 4.99. The molecule has 0 rings (SSSR count). The van der Waals surface area contributed by atoms with Crippen molar-refractivity contribution in [1.29, 1.82) is 0 Å². The minimum absolute atomic E-state index is 0.0993. The van der Waals surface area contributed by atoms with E-state index in [9.17, 15) is 5.11 Å². The fourth-order valence-corrected chi connectivity index (χ4v) is 2.30. The van der Waals surface area contributed by atoms with Gasteiger partial charge in [-0.25, -0.2) is 0 Å². The first kappa shape index (κ1) is 24.8. The minimum atomic E-state index is -0.769. The molecule has 0 aromatic heterocycles. The van der Waals surface area contributed by atoms with Crippen LogP contribution in [0.3, 0.4) is 0 Å². The standard InChI is InChI=1S/C23H40O3/c1-3-4-5-6-7-8-9-10-11-12-13-14-15-16-17-18-19-22(2)26-21-23(25)20-24/h7-8,10-11,13-14,16-17,22-25H,3-6,9,12,15,18-21H2,1-2H3/b8-7-,11-10-,14-13-,17-16-. The van der Waals surface area contributed by atoms with Crippen molar-refractivity contribution >= 4 is 0 Å². The molecule has 0 amide bonds. The van der Waals surface area contributed by atoms with Crippen molar-refractivity contribution in [3.05, 3.63) is 48.6 Å². The van der Waals surface area contributed by atoms with Gasteiger partial charge >= 0.3 is 0 Å². The second-order valence-corrected chi connectivity index (χ2v) is 6.65. The van der Waals surface area contributed by atoms with E-state index < -0.39 is 6.10 Å². The van der Waals surface area contributed by atoms with E-state index in [1.54, 1.807) is 0 Å². The maximum atomic E-state index is 9.21. The summed E-state index contributed by atoms with van der Waals surface area (Å²) in [6.45, 7) is 4.18. The quantitative estimate of drug-likeness (QED) is 0.265. The van der Waals surface area contributed by atoms with Crippen molar-refractivity contribution in [2.75, 3.05) is 13.2 Å². The lowest BCUT2D eigenvalue weighted by Crippen LogP contribution is -2.22. The third kappa shape index (κ3) is 19.2. The fourth-order valence-electron chi connectivity index (χ4n) is 2.30. The molecule has 0 radical (unpaired) electrons. The van der Waals surface area contributed by atoms with Gasteiger partial charge in [-0.1, -0.05) is 68.4 Å². The Morgan fingerprint density at radius 1 is 0.808 bits per heavy atom. The van der Waals surface area contributed by atoms with Gasteiger partial charge < -0.3 is 14.9 Å². The van der Waals surface area contributed by atoms with Gasteiger partial charge in [0, 0.05) is 0 Å². The maximum Gasteiger partial charge on any atom is 0.100 e. The molecule has 0 fully saturated rings. The van der Waals surface area contributed by atoms with Crippen molar-refractivity contribution in [2.24, 2.45) is 0 Å². The molecular weight excluding hydrogens is 324 g/mol. The number of hydrogen-bond donors (Lipinski definition) is 2. The van der Waals surface area contributed by atoms with Crippen molar-refractivity contribution in [1.82, 2.24) is 0 Å². The van der Waals surface area contributed by atoms with Gasteiger partial charge in [-0.2, -0.15) is 0 Å². The molecule has 0 bridgehead atoms. The summed E-state index contributed by atoms with van der Waals surface area (Å²) in [5.41, 5.74) is 0. The van der Waals surface area contributed by atoms with Gasteiger partial charge in [-0.05, 0) is 51.9 Å². The van der Waals surface area contributed by atoms with Gasteiger partial charge in [0.15, 0.2) is 0 Å². The largest absolute Gasteiger partial charge is 0.394 e. The lowest BCUT2D eigenvalue weighted by Gasteiger charge is -2.14. The molecule has 0 spiro atoms. The number of aliphatic hydroxyl groups excluding tert-OH is 2. The molecule has 2 N–H and O–H groups in total. The highest BCUT2D eigenvalue weighted by Crippen LogP contribution is 2.04. The third-order valence-electron chi connectivity index (χ3n) is 3.98. The number of unbranched alkanes of at least 4 members (excludes halogenated alkanes) is 3. The van der Waals surface area contributed by atoms with Gasteiger partial charge in [0.05, 0.1) is 19.3 Å². The Labute approximate surface area is 161 Å². The van der Waals surface area contributed by atoms with Crippen LogP contribution in [-0.2, 0) is 4.74 Å². The first-order valence-electron chi connectivity index (χ1n) is 10.2. The zero-order chi connectivity index (χ0) is 19.3. The van der Waals surface area contributed by atoms with Gasteiger partial charge in [0.2, 0.25) is 0 Å². The summed E-state index contributed by atoms with van der Waals surface area (Å²) >= 11 is 0. The van der Waals surface area contributed by atoms with Crippen molar-refractivity contribution in [3.8, 4) is 0 Å². The summed E-state index contributed by atoms with van der Waals surface area (Å²) in [4.78, 5) is 0. The van der Waals surface area contributed by atoms with Crippen LogP contribution in [0.4, 0.5) is 0 Å². The molecular formula is C23H40O3. The number of allylic oxidation sites excluding steroid dienone is 8. The van der Waals surface area contributed by atoms with Crippen molar-refractivity contribution < 1.29 is 14.9 Å². The lowest BCUT2D eigenvalue weighted by molar-refractivity contribution is -0.0244. The average molecular weight is 365 g/mol. The smallest absolute Gasteiger partial charge is 0.100 e. The van der Waals surface area contributed by atoms with Crippen LogP contribution >= 0.6 is 0 Å². The molecule has 0 saturated carbocycles. The normalized spacial score (nSPS) is 15.1. The number of aliphatic hydroxyl groups is 2. The zero-order valence-electron chi connectivity index (χ0n) is 16.9. The third-order valence-corrected chi connectivity index (χ3v) is 3.98. The van der Waals surface area contributed by atoms with Gasteiger partial charge in [-0.15, -0.1) is 0 Å². The molecule has 0 aromatic carbocycles. The van der Waals surface area contributed by atoms with Crippen LogP contribution in [0, 0.1) is 0 Å². The fraction of sp³-hybridized carbons (Fsp3) is 0.652. The summed E-state index contributed by atoms with van der Waals surface area (Å²) in [7, 11) is 0. The van der Waals surface area contributed by atoms with Gasteiger partial charge in [0.1, 0.15) is 6.10 Å². The molecule has 0 aliphatic rings. The van der Waals surface area contributed by atoms with E-state index in [2.05, 4.69) is 55.5 Å². The van der Waals surface area contributed by atoms with Crippen LogP contribution in [0.2, 0.25) is 0 Å². The molecule has 0 aliphatic carbocycles. The van der Waals surface area contributed by atoms with Crippen LogP contribution in [0.1, 0.15) is 71.6 Å². The van der Waals surface area contributed by atoms with E-state index >= 15 is 0 Å². The van der Waals surface area contributed by atoms with Crippen LogP contribution in [0.5, 0.6) is 0 Å². The van der Waals surface area contributed by atoms with Crippen LogP contribution < -0.4 is 0 Å². The molecule has 0 aliphatic heterocycles. The highest BCUT2D eigenvalue weighted by Gasteiger charge is 2.05. The molecule has 0 heterocycles. The Hall–Kier alpha value is -1.16. The molecule has 150 valence electrons. The average Bonchev–Trinajstić information content (AvgIpc) is 2.65. The summed E-state index contributed by atoms with van der Waals surface area (Å²) in [5.74, 6) is 0. The Kier molecular flexibility index (Phi) is 19.3. The predicted octanol–water partition coefficient (Wildman–Crippen LogP) is 5.50. The number of hydrogen-bond acceptors (Lipinski definition) is 3. The second-order valence-electron chi connectivity index (χ2n) is 6.65. The Morgan fingerprint density at radius 2 is 1.35 bits per heavy atom. The monoisotopic (exact) mass is 364 g/mol. The minimum Gasteiger partial charge on any atom is -0.394 e. The first-order chi connectivity index (χ1) is 12.7. The summed E-state index contributed by atoms with van der Waals surface area (Å²) in [6, 6.07) is 0. The molecule has 0 saturated heterocycles. The first-order valence-corrected chi connectivity index (χ1v) is 10.2. The maximum absolute atomic E-state index is 9.21. The number of rotatable bonds is 17. The molecule has 2 atom stereocenters. The van der Waals surface area contributed by atoms with E-state index in [1.165, 1.54) is 25.7 Å². The number of ether oxygens (including phenoxy) is 1. The molecule has 2 unspecified atom stereocenters. The van der Waals surface area contributed by atoms with E-state index in [1.807, 2.05) is 6.92 Å². The van der Waals surface area contributed by atoms with Crippen molar-refractivity contribution in [2.45, 2.75) is 83.8 Å². The van der Waals surface area contributed by atoms with Crippen LogP contribution in [0.25, 0.3) is 0 Å². The summed E-state index contributed by atoms with van der Waals surface area (Å²) in [6.07, 6.45) is 27.1. The summed E-state index contributed by atoms with van der Waals surface area (Å²) < 4.78 is 5.45. The lowest BCUT2D eigenvalue weighted by atomic mass is 10.2. The topological polar surface area (TPSA) is 49.7 Å².